The number of ether oxygens (including phenoxy) is 4. The Hall–Kier alpha value is -1.94. The van der Waals surface area contributed by atoms with Gasteiger partial charge in [0.25, 0.3) is 0 Å². The highest BCUT2D eigenvalue weighted by Gasteiger charge is 2.30. The number of hydrogen-bond donors (Lipinski definition) is 3. The Labute approximate surface area is 594 Å². The van der Waals surface area contributed by atoms with Gasteiger partial charge in [-0.05, 0) is 31.6 Å². The molecule has 0 radical (unpaired) electrons. The van der Waals surface area contributed by atoms with Crippen molar-refractivity contribution in [2.24, 2.45) is 5.92 Å². The van der Waals surface area contributed by atoms with Crippen molar-refractivity contribution in [1.29, 1.82) is 0 Å². The van der Waals surface area contributed by atoms with E-state index in [1.807, 2.05) is 0 Å². The third-order valence-electron chi connectivity index (χ3n) is 18.6. The van der Waals surface area contributed by atoms with Crippen molar-refractivity contribution in [3.8, 4) is 0 Å². The van der Waals surface area contributed by atoms with E-state index in [0.717, 1.165) is 115 Å². The van der Waals surface area contributed by atoms with Gasteiger partial charge >= 0.3 is 39.5 Å². The molecule has 576 valence electrons. The normalized spacial score (nSPS) is 14.2. The molecule has 97 heavy (non-hydrogen) atoms. The lowest BCUT2D eigenvalue weighted by Crippen LogP contribution is -2.30. The number of esters is 4. The number of rotatable bonds is 78. The van der Waals surface area contributed by atoms with Gasteiger partial charge in [0, 0.05) is 25.7 Å². The lowest BCUT2D eigenvalue weighted by atomic mass is 9.99. The van der Waals surface area contributed by atoms with Crippen LogP contribution >= 0.6 is 15.6 Å². The molecule has 0 aromatic carbocycles. The molecular formula is C78H152O17P2. The smallest absolute Gasteiger partial charge is 0.462 e. The van der Waals surface area contributed by atoms with Crippen molar-refractivity contribution in [1.82, 2.24) is 0 Å². The summed E-state index contributed by atoms with van der Waals surface area (Å²) in [4.78, 5) is 72.6. The van der Waals surface area contributed by atoms with E-state index in [-0.39, 0.29) is 25.7 Å². The second-order valence-electron chi connectivity index (χ2n) is 28.3. The molecule has 3 N–H and O–H groups in total. The fourth-order valence-electron chi connectivity index (χ4n) is 12.0. The minimum absolute atomic E-state index is 0.105. The molecule has 0 spiro atoms. The third kappa shape index (κ3) is 70.9. The average molecular weight is 1420 g/mol. The van der Waals surface area contributed by atoms with E-state index in [9.17, 15) is 43.2 Å². The largest absolute Gasteiger partial charge is 0.472 e. The van der Waals surface area contributed by atoms with Crippen molar-refractivity contribution >= 4 is 39.5 Å². The highest BCUT2D eigenvalue weighted by atomic mass is 31.2. The van der Waals surface area contributed by atoms with Gasteiger partial charge in [0.05, 0.1) is 26.4 Å². The molecule has 0 bridgehead atoms. The molecule has 0 aliphatic heterocycles. The summed E-state index contributed by atoms with van der Waals surface area (Å²) in [5.74, 6) is -1.25. The van der Waals surface area contributed by atoms with Gasteiger partial charge < -0.3 is 33.8 Å². The molecule has 0 saturated carbocycles. The highest BCUT2D eigenvalue weighted by Crippen LogP contribution is 2.45. The highest BCUT2D eigenvalue weighted by molar-refractivity contribution is 7.47. The quantitative estimate of drug-likeness (QED) is 0.0222. The minimum Gasteiger partial charge on any atom is -0.462 e. The molecule has 0 aliphatic carbocycles. The van der Waals surface area contributed by atoms with Crippen LogP contribution in [0.5, 0.6) is 0 Å². The summed E-state index contributed by atoms with van der Waals surface area (Å²) in [6.07, 6.45) is 61.5. The minimum atomic E-state index is -4.96. The Kier molecular flexibility index (Phi) is 69.6. The van der Waals surface area contributed by atoms with Crippen LogP contribution in [0.25, 0.3) is 0 Å². The van der Waals surface area contributed by atoms with E-state index in [0.29, 0.717) is 25.7 Å². The first kappa shape index (κ1) is 95.1. The van der Waals surface area contributed by atoms with Gasteiger partial charge in [-0.2, -0.15) is 0 Å². The zero-order valence-electron chi connectivity index (χ0n) is 63.2. The van der Waals surface area contributed by atoms with Crippen LogP contribution in [0.3, 0.4) is 0 Å². The first-order chi connectivity index (χ1) is 47.1. The van der Waals surface area contributed by atoms with Crippen LogP contribution < -0.4 is 0 Å². The maximum Gasteiger partial charge on any atom is 0.472 e. The first-order valence-corrected chi connectivity index (χ1v) is 43.7. The number of hydrogen-bond acceptors (Lipinski definition) is 15. The number of unbranched alkanes of at least 4 members (excludes halogenated alkanes) is 49. The maximum atomic E-state index is 13.1. The summed E-state index contributed by atoms with van der Waals surface area (Å²) in [6, 6.07) is 0. The number of aliphatic hydroxyl groups excluding tert-OH is 1. The van der Waals surface area contributed by atoms with Crippen LogP contribution in [0.1, 0.15) is 413 Å². The molecule has 0 heterocycles. The number of carbonyl (C=O) groups is 4. The van der Waals surface area contributed by atoms with Crippen LogP contribution in [0.2, 0.25) is 0 Å². The first-order valence-electron chi connectivity index (χ1n) is 40.7. The Balaban J connectivity index is 5.10. The second kappa shape index (κ2) is 71.1. The van der Waals surface area contributed by atoms with E-state index in [2.05, 4.69) is 34.6 Å². The number of phosphoric ester groups is 2. The predicted octanol–water partition coefficient (Wildman–Crippen LogP) is 23.3. The molecule has 0 fully saturated rings. The fourth-order valence-corrected chi connectivity index (χ4v) is 13.6. The van der Waals surface area contributed by atoms with Crippen LogP contribution in [0.15, 0.2) is 0 Å². The van der Waals surface area contributed by atoms with Crippen LogP contribution in [-0.2, 0) is 65.4 Å². The van der Waals surface area contributed by atoms with Gasteiger partial charge in [0.15, 0.2) is 12.2 Å². The van der Waals surface area contributed by atoms with Crippen molar-refractivity contribution in [2.75, 3.05) is 39.6 Å². The Bertz CT molecular complexity index is 1860. The SMILES string of the molecule is CCCCCCCCCCCCCCCCCCCCCCC(=O)OC[C@H](COP(=O)(O)OC[C@@H](O)COP(=O)(O)OC[C@@H](COC(=O)CCCCCCCCC)OC(=O)CCCCCCCCCC)OC(=O)CCCCCCCCCCCCCCCCCCCCC(C)CC. The summed E-state index contributed by atoms with van der Waals surface area (Å²) < 4.78 is 68.3. The predicted molar refractivity (Wildman–Crippen MR) is 395 cm³/mol. The van der Waals surface area contributed by atoms with E-state index >= 15 is 0 Å². The summed E-state index contributed by atoms with van der Waals surface area (Å²) in [5.41, 5.74) is 0. The van der Waals surface area contributed by atoms with Crippen molar-refractivity contribution in [2.45, 2.75) is 432 Å². The van der Waals surface area contributed by atoms with E-state index in [4.69, 9.17) is 37.0 Å². The van der Waals surface area contributed by atoms with Gasteiger partial charge in [-0.3, -0.25) is 37.3 Å². The van der Waals surface area contributed by atoms with E-state index in [1.165, 1.54) is 218 Å². The standard InChI is InChI=1S/C78H152O17P2/c1-6-10-13-16-19-21-22-23-24-25-26-27-31-34-37-40-43-48-52-57-62-76(81)89-68-74(95-78(83)64-59-54-49-44-41-38-35-32-29-28-30-33-36-39-42-46-50-55-60-71(5)9-4)70-93-97(86,87)91-66-72(79)65-90-96(84,85)92-69-73(67-88-75(80)61-56-51-45-18-15-12-8-3)94-77(82)63-58-53-47-20-17-14-11-7-2/h71-74,79H,6-70H2,1-5H3,(H,84,85)(H,86,87)/t71?,72-,73+,74+/m0/s1. The summed E-state index contributed by atoms with van der Waals surface area (Å²) in [5, 5.41) is 10.6. The van der Waals surface area contributed by atoms with E-state index in [1.54, 1.807) is 0 Å². The van der Waals surface area contributed by atoms with Crippen molar-refractivity contribution in [3.63, 3.8) is 0 Å². The number of carbonyl (C=O) groups excluding carboxylic acids is 4. The molecular weight excluding hydrogens is 1270 g/mol. The van der Waals surface area contributed by atoms with Crippen LogP contribution in [0.4, 0.5) is 0 Å². The average Bonchev–Trinajstić information content (AvgIpc) is 1.74. The molecule has 3 unspecified atom stereocenters. The molecule has 0 rings (SSSR count). The van der Waals surface area contributed by atoms with Crippen LogP contribution in [-0.4, -0.2) is 96.7 Å². The molecule has 6 atom stereocenters. The Morgan fingerprint density at radius 1 is 0.289 bits per heavy atom. The second-order valence-corrected chi connectivity index (χ2v) is 31.3. The maximum absolute atomic E-state index is 13.1. The summed E-state index contributed by atoms with van der Waals surface area (Å²) in [7, 11) is -9.90. The lowest BCUT2D eigenvalue weighted by molar-refractivity contribution is -0.161. The van der Waals surface area contributed by atoms with Gasteiger partial charge in [0.2, 0.25) is 0 Å². The lowest BCUT2D eigenvalue weighted by Gasteiger charge is -2.21. The monoisotopic (exact) mass is 1420 g/mol. The molecule has 0 saturated heterocycles. The molecule has 17 nitrogen and oxygen atoms in total. The molecule has 19 heteroatoms. The molecule has 0 amide bonds. The molecule has 0 aromatic rings. The van der Waals surface area contributed by atoms with Gasteiger partial charge in [-0.1, -0.05) is 362 Å². The van der Waals surface area contributed by atoms with Crippen molar-refractivity contribution < 1.29 is 80.2 Å². The zero-order chi connectivity index (χ0) is 71.2. The number of aliphatic hydroxyl groups is 1. The van der Waals surface area contributed by atoms with Gasteiger partial charge in [-0.25, -0.2) is 9.13 Å². The summed E-state index contributed by atoms with van der Waals surface area (Å²) in [6.45, 7) is 7.29. The van der Waals surface area contributed by atoms with Gasteiger partial charge in [0.1, 0.15) is 19.3 Å². The zero-order valence-corrected chi connectivity index (χ0v) is 65.0. The summed E-state index contributed by atoms with van der Waals surface area (Å²) >= 11 is 0. The Morgan fingerprint density at radius 2 is 0.495 bits per heavy atom. The van der Waals surface area contributed by atoms with E-state index < -0.39 is 97.5 Å². The van der Waals surface area contributed by atoms with Gasteiger partial charge in [-0.15, -0.1) is 0 Å². The third-order valence-corrected chi connectivity index (χ3v) is 20.5. The fraction of sp³-hybridized carbons (Fsp3) is 0.949. The number of phosphoric acid groups is 2. The molecule has 0 aliphatic rings. The van der Waals surface area contributed by atoms with Crippen LogP contribution in [0, 0.1) is 5.92 Å². The Morgan fingerprint density at radius 3 is 0.732 bits per heavy atom. The van der Waals surface area contributed by atoms with Crippen molar-refractivity contribution in [3.05, 3.63) is 0 Å². The topological polar surface area (TPSA) is 237 Å². The molecule has 0 aromatic heterocycles.